The van der Waals surface area contributed by atoms with Gasteiger partial charge in [0.15, 0.2) is 5.54 Å². The number of hydrogen-bond donors (Lipinski definition) is 1. The molecule has 1 fully saturated rings. The normalized spacial score (nSPS) is 19.4. The number of aromatic nitrogens is 2. The van der Waals surface area contributed by atoms with Crippen LogP contribution in [0.5, 0.6) is 0 Å². The maximum absolute atomic E-state index is 12.3. The van der Waals surface area contributed by atoms with E-state index in [0.717, 1.165) is 18.5 Å². The van der Waals surface area contributed by atoms with Crippen LogP contribution in [-0.2, 0) is 15.1 Å². The molecule has 0 saturated heterocycles. The predicted octanol–water partition coefficient (Wildman–Crippen LogP) is 2.10. The van der Waals surface area contributed by atoms with Crippen LogP contribution in [0.1, 0.15) is 50.4 Å². The first kappa shape index (κ1) is 14.9. The number of carbonyl (C=O) groups is 1. The summed E-state index contributed by atoms with van der Waals surface area (Å²) in [4.78, 5) is 20.9. The van der Waals surface area contributed by atoms with Crippen LogP contribution in [0.2, 0.25) is 0 Å². The summed E-state index contributed by atoms with van der Waals surface area (Å²) in [6.45, 7) is 3.70. The number of hydrogen-bond acceptors (Lipinski definition) is 5. The van der Waals surface area contributed by atoms with Crippen molar-refractivity contribution in [2.45, 2.75) is 57.5 Å². The van der Waals surface area contributed by atoms with E-state index in [1.165, 1.54) is 26.4 Å². The molecule has 0 amide bonds. The molecule has 110 valence electrons. The van der Waals surface area contributed by atoms with Crippen molar-refractivity contribution in [1.82, 2.24) is 15.3 Å². The fourth-order valence-electron chi connectivity index (χ4n) is 2.98. The molecule has 1 aliphatic carbocycles. The maximum atomic E-state index is 12.3. The summed E-state index contributed by atoms with van der Waals surface area (Å²) in [5.41, 5.74) is 0.468. The third kappa shape index (κ3) is 2.98. The Labute approximate surface area is 120 Å². The molecule has 1 unspecified atom stereocenters. The molecule has 1 heterocycles. The second kappa shape index (κ2) is 6.31. The fourth-order valence-corrected chi connectivity index (χ4v) is 2.98. The van der Waals surface area contributed by atoms with E-state index in [1.807, 2.05) is 13.8 Å². The van der Waals surface area contributed by atoms with Gasteiger partial charge >= 0.3 is 5.97 Å². The lowest BCUT2D eigenvalue weighted by atomic mass is 9.89. The Bertz CT molecular complexity index is 472. The molecule has 5 nitrogen and oxygen atoms in total. The Morgan fingerprint density at radius 3 is 2.55 bits per heavy atom. The number of nitrogens with one attached hydrogen (secondary N) is 1. The highest BCUT2D eigenvalue weighted by atomic mass is 16.5. The highest BCUT2D eigenvalue weighted by Crippen LogP contribution is 2.27. The predicted molar refractivity (Wildman–Crippen MR) is 76.1 cm³/mol. The molecule has 2 rings (SSSR count). The van der Waals surface area contributed by atoms with Crippen LogP contribution < -0.4 is 5.32 Å². The van der Waals surface area contributed by atoms with E-state index < -0.39 is 5.54 Å². The first-order valence-corrected chi connectivity index (χ1v) is 7.22. The smallest absolute Gasteiger partial charge is 0.332 e. The molecule has 0 aliphatic heterocycles. The van der Waals surface area contributed by atoms with Crippen molar-refractivity contribution in [2.24, 2.45) is 0 Å². The van der Waals surface area contributed by atoms with Gasteiger partial charge in [-0.25, -0.2) is 4.79 Å². The largest absolute Gasteiger partial charge is 0.467 e. The minimum atomic E-state index is -0.935. The monoisotopic (exact) mass is 277 g/mol. The van der Waals surface area contributed by atoms with E-state index in [4.69, 9.17) is 4.74 Å². The molecule has 1 aliphatic rings. The van der Waals surface area contributed by atoms with Crippen LogP contribution in [-0.4, -0.2) is 29.1 Å². The van der Waals surface area contributed by atoms with Gasteiger partial charge in [-0.05, 0) is 26.7 Å². The van der Waals surface area contributed by atoms with Gasteiger partial charge in [-0.15, -0.1) is 0 Å². The molecular weight excluding hydrogens is 254 g/mol. The second-order valence-electron chi connectivity index (χ2n) is 5.59. The zero-order chi connectivity index (χ0) is 14.6. The van der Waals surface area contributed by atoms with E-state index in [1.54, 1.807) is 12.4 Å². The standard InChI is InChI=1S/C15H23N3O2/c1-11-13(17-10-9-16-11)15(2,14(19)20-3)18-12-7-5-4-6-8-12/h9-10,12,18H,4-8H2,1-3H3. The summed E-state index contributed by atoms with van der Waals surface area (Å²) in [7, 11) is 1.41. The number of aryl methyl sites for hydroxylation is 1. The number of esters is 1. The van der Waals surface area contributed by atoms with Gasteiger partial charge < -0.3 is 4.74 Å². The Morgan fingerprint density at radius 2 is 1.95 bits per heavy atom. The summed E-state index contributed by atoms with van der Waals surface area (Å²) < 4.78 is 5.00. The average Bonchev–Trinajstić information content (AvgIpc) is 2.47. The second-order valence-corrected chi connectivity index (χ2v) is 5.59. The highest BCUT2D eigenvalue weighted by molar-refractivity contribution is 5.81. The topological polar surface area (TPSA) is 64.1 Å². The number of ether oxygens (including phenoxy) is 1. The quantitative estimate of drug-likeness (QED) is 0.854. The van der Waals surface area contributed by atoms with Gasteiger partial charge in [0.05, 0.1) is 18.5 Å². The lowest BCUT2D eigenvalue weighted by Gasteiger charge is -2.34. The van der Waals surface area contributed by atoms with Crippen LogP contribution in [0.4, 0.5) is 0 Å². The molecule has 1 atom stereocenters. The molecule has 0 radical (unpaired) electrons. The molecule has 1 saturated carbocycles. The van der Waals surface area contributed by atoms with Crippen LogP contribution in [0.3, 0.4) is 0 Å². The minimum Gasteiger partial charge on any atom is -0.467 e. The van der Waals surface area contributed by atoms with Crippen LogP contribution in [0, 0.1) is 6.92 Å². The van der Waals surface area contributed by atoms with E-state index in [9.17, 15) is 4.79 Å². The molecule has 0 bridgehead atoms. The zero-order valence-corrected chi connectivity index (χ0v) is 12.5. The van der Waals surface area contributed by atoms with Gasteiger partial charge in [0.2, 0.25) is 0 Å². The minimum absolute atomic E-state index is 0.313. The lowest BCUT2D eigenvalue weighted by molar-refractivity contribution is -0.149. The van der Waals surface area contributed by atoms with Gasteiger partial charge in [-0.3, -0.25) is 15.3 Å². The van der Waals surface area contributed by atoms with Crippen molar-refractivity contribution in [1.29, 1.82) is 0 Å². The van der Waals surface area contributed by atoms with Crippen molar-refractivity contribution in [3.8, 4) is 0 Å². The molecule has 0 aromatic carbocycles. The zero-order valence-electron chi connectivity index (χ0n) is 12.5. The van der Waals surface area contributed by atoms with E-state index in [-0.39, 0.29) is 5.97 Å². The van der Waals surface area contributed by atoms with E-state index in [2.05, 4.69) is 15.3 Å². The highest BCUT2D eigenvalue weighted by Gasteiger charge is 2.41. The van der Waals surface area contributed by atoms with Crippen molar-refractivity contribution in [3.63, 3.8) is 0 Å². The first-order chi connectivity index (χ1) is 9.58. The first-order valence-electron chi connectivity index (χ1n) is 7.22. The fraction of sp³-hybridized carbons (Fsp3) is 0.667. The molecule has 1 N–H and O–H groups in total. The summed E-state index contributed by atoms with van der Waals surface area (Å²) in [5, 5.41) is 3.46. The Balaban J connectivity index is 2.30. The summed E-state index contributed by atoms with van der Waals surface area (Å²) >= 11 is 0. The van der Waals surface area contributed by atoms with Crippen molar-refractivity contribution < 1.29 is 9.53 Å². The van der Waals surface area contributed by atoms with Crippen molar-refractivity contribution in [3.05, 3.63) is 23.8 Å². The van der Waals surface area contributed by atoms with Crippen LogP contribution in [0.15, 0.2) is 12.4 Å². The SMILES string of the molecule is COC(=O)C(C)(NC1CCCCC1)c1nccnc1C. The molecule has 5 heteroatoms. The van der Waals surface area contributed by atoms with Gasteiger partial charge in [0.25, 0.3) is 0 Å². The van der Waals surface area contributed by atoms with Crippen LogP contribution in [0.25, 0.3) is 0 Å². The third-order valence-corrected chi connectivity index (χ3v) is 4.05. The van der Waals surface area contributed by atoms with Crippen LogP contribution >= 0.6 is 0 Å². The Kier molecular flexibility index (Phi) is 4.70. The van der Waals surface area contributed by atoms with E-state index >= 15 is 0 Å². The Morgan fingerprint density at radius 1 is 1.30 bits per heavy atom. The average molecular weight is 277 g/mol. The molecule has 1 aromatic heterocycles. The molecular formula is C15H23N3O2. The number of carbonyl (C=O) groups excluding carboxylic acids is 1. The van der Waals surface area contributed by atoms with Crippen molar-refractivity contribution in [2.75, 3.05) is 7.11 Å². The Hall–Kier alpha value is -1.49. The van der Waals surface area contributed by atoms with Gasteiger partial charge in [-0.2, -0.15) is 0 Å². The van der Waals surface area contributed by atoms with Gasteiger partial charge in [0.1, 0.15) is 0 Å². The van der Waals surface area contributed by atoms with Gasteiger partial charge in [0, 0.05) is 18.4 Å². The number of nitrogens with zero attached hydrogens (tertiary/aromatic N) is 2. The molecule has 1 aromatic rings. The molecule has 20 heavy (non-hydrogen) atoms. The number of methoxy groups -OCH3 is 1. The molecule has 0 spiro atoms. The maximum Gasteiger partial charge on any atom is 0.332 e. The summed E-state index contributed by atoms with van der Waals surface area (Å²) in [6, 6.07) is 0.328. The van der Waals surface area contributed by atoms with Gasteiger partial charge in [-0.1, -0.05) is 19.3 Å². The number of rotatable bonds is 4. The summed E-state index contributed by atoms with van der Waals surface area (Å²) in [5.74, 6) is -0.313. The van der Waals surface area contributed by atoms with E-state index in [0.29, 0.717) is 11.7 Å². The third-order valence-electron chi connectivity index (χ3n) is 4.05. The lowest BCUT2D eigenvalue weighted by Crippen LogP contribution is -2.53. The van der Waals surface area contributed by atoms with Crippen molar-refractivity contribution >= 4 is 5.97 Å². The summed E-state index contributed by atoms with van der Waals surface area (Å²) in [6.07, 6.45) is 9.11.